The number of hydrogen-bond acceptors (Lipinski definition) is 6. The summed E-state index contributed by atoms with van der Waals surface area (Å²) in [4.78, 5) is 33.2. The molecule has 1 amide bonds. The van der Waals surface area contributed by atoms with E-state index in [1.54, 1.807) is 0 Å². The summed E-state index contributed by atoms with van der Waals surface area (Å²) < 4.78 is 4.32. The fraction of sp³-hybridized carbons (Fsp3) is 0.375. The van der Waals surface area contributed by atoms with Crippen molar-refractivity contribution in [1.82, 2.24) is 20.7 Å². The molecule has 0 fully saturated rings. The number of aliphatic carboxylic acids is 1. The van der Waals surface area contributed by atoms with Crippen molar-refractivity contribution in [3.8, 4) is 0 Å². The van der Waals surface area contributed by atoms with Gasteiger partial charge in [-0.1, -0.05) is 0 Å². The predicted molar refractivity (Wildman–Crippen MR) is 51.9 cm³/mol. The molecule has 0 bridgehead atoms. The molecule has 0 unspecified atom stereocenters. The van der Waals surface area contributed by atoms with E-state index < -0.39 is 30.3 Å². The second kappa shape index (κ2) is 5.58. The van der Waals surface area contributed by atoms with Crippen LogP contribution in [0.5, 0.6) is 0 Å². The molecule has 1 aromatic rings. The highest BCUT2D eigenvalue weighted by Gasteiger charge is 2.24. The van der Waals surface area contributed by atoms with E-state index in [9.17, 15) is 14.4 Å². The first-order valence-corrected chi connectivity index (χ1v) is 4.51. The zero-order valence-corrected chi connectivity index (χ0v) is 8.84. The number of rotatable bonds is 5. The number of carbonyl (C=O) groups is 3. The Balaban J connectivity index is 2.64. The van der Waals surface area contributed by atoms with Crippen LogP contribution in [0.4, 0.5) is 0 Å². The third kappa shape index (κ3) is 3.55. The van der Waals surface area contributed by atoms with E-state index >= 15 is 0 Å². The molecule has 0 aromatic carbocycles. The number of nitrogens with zero attached hydrogens (tertiary/aromatic N) is 2. The Kier molecular flexibility index (Phi) is 4.14. The Morgan fingerprint density at radius 3 is 2.76 bits per heavy atom. The van der Waals surface area contributed by atoms with E-state index in [1.807, 2.05) is 0 Å². The number of carboxylic acids is 1. The number of H-pyrrole nitrogens is 1. The lowest BCUT2D eigenvalue weighted by molar-refractivity contribution is -0.147. The van der Waals surface area contributed by atoms with Crippen molar-refractivity contribution in [3.05, 3.63) is 11.9 Å². The summed E-state index contributed by atoms with van der Waals surface area (Å²) in [5.74, 6) is -2.82. The molecule has 92 valence electrons. The molecular weight excluding hydrogens is 232 g/mol. The summed E-state index contributed by atoms with van der Waals surface area (Å²) in [6.07, 6.45) is 0.668. The SMILES string of the molecule is COC(=O)C[C@H](NC(=O)c1cn[nH]n1)C(=O)O. The van der Waals surface area contributed by atoms with Gasteiger partial charge < -0.3 is 15.2 Å². The van der Waals surface area contributed by atoms with E-state index in [1.165, 1.54) is 0 Å². The van der Waals surface area contributed by atoms with Crippen LogP contribution in [0, 0.1) is 0 Å². The normalized spacial score (nSPS) is 11.6. The highest BCUT2D eigenvalue weighted by Crippen LogP contribution is 1.98. The van der Waals surface area contributed by atoms with E-state index in [-0.39, 0.29) is 5.69 Å². The van der Waals surface area contributed by atoms with Crippen molar-refractivity contribution in [2.75, 3.05) is 7.11 Å². The van der Waals surface area contributed by atoms with Gasteiger partial charge in [0.1, 0.15) is 6.04 Å². The molecule has 9 nitrogen and oxygen atoms in total. The second-order valence-electron chi connectivity index (χ2n) is 3.00. The molecule has 0 saturated carbocycles. The summed E-state index contributed by atoms with van der Waals surface area (Å²) in [6.45, 7) is 0. The molecule has 9 heteroatoms. The molecule has 1 heterocycles. The van der Waals surface area contributed by atoms with Gasteiger partial charge in [0.15, 0.2) is 5.69 Å². The lowest BCUT2D eigenvalue weighted by Gasteiger charge is -2.11. The van der Waals surface area contributed by atoms with Crippen LogP contribution < -0.4 is 5.32 Å². The average Bonchev–Trinajstić information content (AvgIpc) is 2.81. The maximum absolute atomic E-state index is 11.4. The zero-order valence-electron chi connectivity index (χ0n) is 8.84. The molecule has 0 aliphatic rings. The van der Waals surface area contributed by atoms with Crippen LogP contribution in [0.25, 0.3) is 0 Å². The number of amides is 1. The quantitative estimate of drug-likeness (QED) is 0.537. The molecule has 17 heavy (non-hydrogen) atoms. The van der Waals surface area contributed by atoms with Crippen LogP contribution in [0.2, 0.25) is 0 Å². The number of aromatic nitrogens is 3. The average molecular weight is 242 g/mol. The lowest BCUT2D eigenvalue weighted by atomic mass is 10.2. The van der Waals surface area contributed by atoms with Crippen molar-refractivity contribution in [1.29, 1.82) is 0 Å². The Hall–Kier alpha value is -2.45. The first-order valence-electron chi connectivity index (χ1n) is 4.51. The topological polar surface area (TPSA) is 134 Å². The van der Waals surface area contributed by atoms with Crippen molar-refractivity contribution in [2.45, 2.75) is 12.5 Å². The fourth-order valence-electron chi connectivity index (χ4n) is 0.993. The first-order chi connectivity index (χ1) is 8.04. The number of methoxy groups -OCH3 is 1. The van der Waals surface area contributed by atoms with Crippen LogP contribution in [0.3, 0.4) is 0 Å². The molecule has 0 aliphatic heterocycles. The van der Waals surface area contributed by atoms with Crippen molar-refractivity contribution in [3.63, 3.8) is 0 Å². The summed E-state index contributed by atoms with van der Waals surface area (Å²) in [5.41, 5.74) is -0.0684. The summed E-state index contributed by atoms with van der Waals surface area (Å²) in [7, 11) is 1.13. The second-order valence-corrected chi connectivity index (χ2v) is 3.00. The van der Waals surface area contributed by atoms with Crippen LogP contribution in [-0.4, -0.2) is 51.5 Å². The molecular formula is C8H10N4O5. The van der Waals surface area contributed by atoms with Gasteiger partial charge in [0.25, 0.3) is 5.91 Å². The van der Waals surface area contributed by atoms with Gasteiger partial charge in [-0.15, -0.1) is 0 Å². The Morgan fingerprint density at radius 2 is 2.29 bits per heavy atom. The van der Waals surface area contributed by atoms with E-state index in [4.69, 9.17) is 5.11 Å². The Morgan fingerprint density at radius 1 is 1.59 bits per heavy atom. The standard InChI is InChI=1S/C8H10N4O5/c1-17-6(13)2-4(8(15)16)10-7(14)5-3-9-12-11-5/h3-4H,2H2,1H3,(H,10,14)(H,15,16)(H,9,11,12)/t4-/m0/s1. The van der Waals surface area contributed by atoms with Gasteiger partial charge in [0, 0.05) is 0 Å². The maximum Gasteiger partial charge on any atom is 0.326 e. The van der Waals surface area contributed by atoms with Gasteiger partial charge in [0.05, 0.1) is 19.7 Å². The van der Waals surface area contributed by atoms with Crippen LogP contribution in [-0.2, 0) is 14.3 Å². The van der Waals surface area contributed by atoms with E-state index in [0.29, 0.717) is 0 Å². The van der Waals surface area contributed by atoms with Gasteiger partial charge in [-0.25, -0.2) is 4.79 Å². The fourth-order valence-corrected chi connectivity index (χ4v) is 0.993. The zero-order chi connectivity index (χ0) is 12.8. The maximum atomic E-state index is 11.4. The number of carboxylic acid groups (broad SMARTS) is 1. The Labute approximate surface area is 95.1 Å². The highest BCUT2D eigenvalue weighted by atomic mass is 16.5. The monoisotopic (exact) mass is 242 g/mol. The largest absolute Gasteiger partial charge is 0.480 e. The highest BCUT2D eigenvalue weighted by molar-refractivity contribution is 5.95. The summed E-state index contributed by atoms with van der Waals surface area (Å²) >= 11 is 0. The molecule has 0 radical (unpaired) electrons. The molecule has 0 spiro atoms. The minimum Gasteiger partial charge on any atom is -0.480 e. The number of esters is 1. The minimum absolute atomic E-state index is 0.0684. The van der Waals surface area contributed by atoms with Crippen LogP contribution in [0.15, 0.2) is 6.20 Å². The first kappa shape index (κ1) is 12.6. The van der Waals surface area contributed by atoms with Crippen molar-refractivity contribution >= 4 is 17.8 Å². The summed E-state index contributed by atoms with van der Waals surface area (Å²) in [5, 5.41) is 20.0. The van der Waals surface area contributed by atoms with Gasteiger partial charge in [-0.05, 0) is 0 Å². The van der Waals surface area contributed by atoms with Crippen LogP contribution in [0.1, 0.15) is 16.9 Å². The molecule has 1 rings (SSSR count). The number of nitrogens with one attached hydrogen (secondary N) is 2. The van der Waals surface area contributed by atoms with Crippen LogP contribution >= 0.6 is 0 Å². The van der Waals surface area contributed by atoms with E-state index in [0.717, 1.165) is 13.3 Å². The molecule has 1 atom stereocenters. The molecule has 0 aliphatic carbocycles. The lowest BCUT2D eigenvalue weighted by Crippen LogP contribution is -2.42. The van der Waals surface area contributed by atoms with Crippen molar-refractivity contribution < 1.29 is 24.2 Å². The molecule has 0 saturated heterocycles. The van der Waals surface area contributed by atoms with Crippen molar-refractivity contribution in [2.24, 2.45) is 0 Å². The third-order valence-corrected chi connectivity index (χ3v) is 1.85. The molecule has 1 aromatic heterocycles. The number of aromatic amines is 1. The molecule has 3 N–H and O–H groups in total. The van der Waals surface area contributed by atoms with Gasteiger partial charge in [-0.3, -0.25) is 9.59 Å². The minimum atomic E-state index is -1.37. The van der Waals surface area contributed by atoms with E-state index in [2.05, 4.69) is 25.5 Å². The third-order valence-electron chi connectivity index (χ3n) is 1.85. The number of ether oxygens (including phenoxy) is 1. The van der Waals surface area contributed by atoms with Gasteiger partial charge >= 0.3 is 11.9 Å². The number of carbonyl (C=O) groups excluding carboxylic acids is 2. The van der Waals surface area contributed by atoms with Gasteiger partial charge in [0.2, 0.25) is 0 Å². The Bertz CT molecular complexity index is 416. The smallest absolute Gasteiger partial charge is 0.326 e. The summed E-state index contributed by atoms with van der Waals surface area (Å²) in [6, 6.07) is -1.37. The number of hydrogen-bond donors (Lipinski definition) is 3. The predicted octanol–water partition coefficient (Wildman–Crippen LogP) is -1.45. The van der Waals surface area contributed by atoms with Gasteiger partial charge in [-0.2, -0.15) is 15.4 Å².